The molecule has 7 aliphatic heterocycles. The summed E-state index contributed by atoms with van der Waals surface area (Å²) in [5.41, 5.74) is 8.22. The summed E-state index contributed by atoms with van der Waals surface area (Å²) in [6.07, 6.45) is 16.6. The van der Waals surface area contributed by atoms with Crippen LogP contribution in [0.3, 0.4) is 0 Å². The topological polar surface area (TPSA) is 243 Å². The molecule has 9 aliphatic rings. The fraction of sp³-hybridized carbons (Fsp3) is 0.377. The Bertz CT molecular complexity index is 7250. The first kappa shape index (κ1) is 99.0. The Labute approximate surface area is 834 Å². The predicted molar refractivity (Wildman–Crippen MR) is 567 cm³/mol. The molecule has 1 N–H and O–H groups in total. The third-order valence-electron chi connectivity index (χ3n) is 26.1. The first-order chi connectivity index (χ1) is 67.0. The van der Waals surface area contributed by atoms with Gasteiger partial charge >= 0.3 is 0 Å². The number of β-amino-alcohol motifs (C(OH)–C–C–N with tert-alkyl or cyclic N) is 1. The number of Topliss-reactive ketones (excluding diaryl/α,β-unsaturated/α-hetero) is 2. The number of rotatable bonds is 14. The molecule has 9 aromatic carbocycles. The van der Waals surface area contributed by atoms with Crippen LogP contribution in [-0.4, -0.2) is 202 Å². The molecular formula is C106H115N13O11S8. The molecule has 718 valence electrons. The Morgan fingerprint density at radius 3 is 1.25 bits per heavy atom. The predicted octanol–water partition coefficient (Wildman–Crippen LogP) is 17.2. The Balaban J connectivity index is 0.000000111. The lowest BCUT2D eigenvalue weighted by molar-refractivity contribution is -0.135. The highest BCUT2D eigenvalue weighted by atomic mass is 32.2. The molecule has 5 saturated heterocycles. The molecule has 24 nitrogen and oxygen atoms in total. The standard InChI is InChI=1S/C18H25N3OS.2C17H21N3O2S.C14H11NOS.C12H14N2O2S.C10H7NOS.2C9H8OS/c22-18-16-6-2-3-7-17(16)23-21(18)14-19-12-8-15(9-13-19)20-10-4-1-5-11-20;1-12-2-5-15-14(10-12)17(22)20(23-15)11-18-6-8-19(9-7-18)16(21)13-3-4-13;1-12-2-5-14-15(10-12)23-20(17(14)22)11-18-6-8-19(9-7-18)16(21)13-3-4-13;16-14-12-8-4-5-9-13(12)17-15(14)10-11-6-2-1-3-7-11;15-9-5-6-13(7-9)8-14-12(16)10-3-1-2-4-11(10)17-14;1-2-7-11-10(12)8-5-3-4-6-9(8)13-11;1-6-2-3-9-7(4-6)8(10)5-11-9;1-6-2-3-7-8(10)5-11-9(7)4-6/h2-3,6-7,15H,1,4-5,8-14H2;2*2,5,10,13H,3-4,6-9,11H2,1H3;1-9H,10H2;1-4,9,15H,5-8H2;1,3-6H,7H2;2*2-4H,5H2,1H3/t;;;;9-;;;/m....1.../s1. The van der Waals surface area contributed by atoms with Crippen molar-refractivity contribution in [2.75, 3.05) is 103 Å². The fourth-order valence-corrected chi connectivity index (χ4v) is 26.2. The summed E-state index contributed by atoms with van der Waals surface area (Å²) in [6.45, 7) is 24.6. The van der Waals surface area contributed by atoms with Gasteiger partial charge in [0.15, 0.2) is 11.6 Å². The second kappa shape index (κ2) is 46.2. The van der Waals surface area contributed by atoms with Crippen LogP contribution >= 0.6 is 92.7 Å². The molecule has 2 aliphatic carbocycles. The van der Waals surface area contributed by atoms with Crippen molar-refractivity contribution in [1.29, 1.82) is 0 Å². The lowest BCUT2D eigenvalue weighted by atomic mass is 10.0. The average Bonchev–Trinajstić information content (AvgIpc) is 1.66. The van der Waals surface area contributed by atoms with E-state index in [-0.39, 0.29) is 51.0 Å². The van der Waals surface area contributed by atoms with Gasteiger partial charge in [-0.2, -0.15) is 0 Å². The number of terminal acetylenes is 1. The third-order valence-corrected chi connectivity index (χ3v) is 34.5. The Kier molecular flexibility index (Phi) is 33.2. The van der Waals surface area contributed by atoms with E-state index in [1.54, 1.807) is 46.9 Å². The van der Waals surface area contributed by atoms with Crippen LogP contribution in [0.25, 0.3) is 60.5 Å². The van der Waals surface area contributed by atoms with Gasteiger partial charge < -0.3 is 19.8 Å². The minimum absolute atomic E-state index is 0.0125. The van der Waals surface area contributed by atoms with E-state index in [9.17, 15) is 53.1 Å². The summed E-state index contributed by atoms with van der Waals surface area (Å²) in [5.74, 6) is 5.51. The normalized spacial score (nSPS) is 17.5. The first-order valence-electron chi connectivity index (χ1n) is 47.5. The molecule has 0 spiro atoms. The molecule has 6 aromatic heterocycles. The molecule has 15 aromatic rings. The highest BCUT2D eigenvalue weighted by Crippen LogP contribution is 2.36. The first-order valence-corrected chi connectivity index (χ1v) is 54.1. The Morgan fingerprint density at radius 1 is 0.348 bits per heavy atom. The zero-order valence-electron chi connectivity index (χ0n) is 78.2. The average molecular weight is 2000 g/mol. The molecule has 2 amide bonds. The van der Waals surface area contributed by atoms with Crippen LogP contribution in [0.4, 0.5) is 0 Å². The fourth-order valence-electron chi connectivity index (χ4n) is 18.0. The van der Waals surface area contributed by atoms with Crippen molar-refractivity contribution < 1.29 is 24.3 Å². The zero-order chi connectivity index (χ0) is 96.0. The van der Waals surface area contributed by atoms with E-state index >= 15 is 0 Å². The number of aromatic nitrogens is 6. The molecule has 13 heterocycles. The molecule has 1 atom stereocenters. The molecular weight excluding hydrogens is 1890 g/mol. The molecule has 0 radical (unpaired) electrons. The summed E-state index contributed by atoms with van der Waals surface area (Å²) in [4.78, 5) is 138. The quantitative estimate of drug-likeness (QED) is 0.0995. The van der Waals surface area contributed by atoms with Gasteiger partial charge in [-0.05, 0) is 212 Å². The van der Waals surface area contributed by atoms with E-state index < -0.39 is 0 Å². The lowest BCUT2D eigenvalue weighted by Gasteiger charge is -2.40. The molecule has 7 fully saturated rings. The summed E-state index contributed by atoms with van der Waals surface area (Å²) in [5, 5.41) is 14.3. The number of carbonyl (C=O) groups is 4. The minimum atomic E-state index is -0.236. The highest BCUT2D eigenvalue weighted by molar-refractivity contribution is 8.00. The van der Waals surface area contributed by atoms with Gasteiger partial charge in [0, 0.05) is 117 Å². The van der Waals surface area contributed by atoms with E-state index in [4.69, 9.17) is 6.42 Å². The number of thioether (sulfide) groups is 2. The van der Waals surface area contributed by atoms with Gasteiger partial charge in [-0.25, -0.2) is 15.8 Å². The van der Waals surface area contributed by atoms with Crippen LogP contribution in [0.15, 0.2) is 239 Å². The number of hydrogen-bond acceptors (Lipinski definition) is 24. The molecule has 0 bridgehead atoms. The number of nitrogens with zero attached hydrogens (tertiary/aromatic N) is 13. The van der Waals surface area contributed by atoms with Crippen molar-refractivity contribution in [3.05, 3.63) is 301 Å². The van der Waals surface area contributed by atoms with Gasteiger partial charge in [0.2, 0.25) is 11.8 Å². The number of benzene rings is 9. The van der Waals surface area contributed by atoms with Gasteiger partial charge in [-0.1, -0.05) is 196 Å². The number of piperazine rings is 2. The van der Waals surface area contributed by atoms with Crippen molar-refractivity contribution in [2.45, 2.75) is 154 Å². The van der Waals surface area contributed by atoms with Crippen molar-refractivity contribution in [3.8, 4) is 12.3 Å². The number of piperidine rings is 2. The molecule has 138 heavy (non-hydrogen) atoms. The summed E-state index contributed by atoms with van der Waals surface area (Å²) < 4.78 is 17.0. The SMILES string of the molecule is C#CCn1sc2ccccc2c1=O.Cc1ccc2c(=O)n(CN3CCN(C(=O)C4CC4)CC3)sc2c1.Cc1ccc2c(c1)C(=O)CS2.Cc1ccc2c(c1)SCC2=O.Cc1ccc2sn(CN3CCN(C(=O)C4CC4)CC3)c(=O)c2c1.O=c1c2ccccc2sn1CN1CCC(N2CCCCC2)CC1.O=c1c2ccccc2sn1CN1CC[C@@H](O)C1.O=c1c2ccccc2sn1Cc1ccccc1. The summed E-state index contributed by atoms with van der Waals surface area (Å²) in [6, 6.07) is 65.7. The molecule has 32 heteroatoms. The number of carbonyl (C=O) groups excluding carboxylic acids is 4. The number of ketones is 2. The molecule has 24 rings (SSSR count). The molecule has 0 unspecified atom stereocenters. The van der Waals surface area contributed by atoms with Gasteiger partial charge in [-0.3, -0.25) is 75.5 Å². The maximum atomic E-state index is 12.5. The monoisotopic (exact) mass is 2000 g/mol. The van der Waals surface area contributed by atoms with E-state index in [0.29, 0.717) is 74.8 Å². The van der Waals surface area contributed by atoms with E-state index in [2.05, 4.69) is 42.6 Å². The minimum Gasteiger partial charge on any atom is -0.392 e. The second-order valence-corrected chi connectivity index (χ2v) is 44.9. The number of aryl methyl sites for hydroxylation is 4. The zero-order valence-corrected chi connectivity index (χ0v) is 84.7. The van der Waals surface area contributed by atoms with Crippen LogP contribution in [0.1, 0.15) is 113 Å². The van der Waals surface area contributed by atoms with E-state index in [0.717, 1.165) is 209 Å². The maximum absolute atomic E-state index is 12.5. The van der Waals surface area contributed by atoms with Crippen molar-refractivity contribution >= 4 is 177 Å². The Hall–Kier alpha value is -10.6. The maximum Gasteiger partial charge on any atom is 0.269 e. The van der Waals surface area contributed by atoms with Crippen LogP contribution < -0.4 is 33.4 Å². The van der Waals surface area contributed by atoms with Gasteiger partial charge in [0.05, 0.1) is 118 Å². The summed E-state index contributed by atoms with van der Waals surface area (Å²) >= 11 is 12.4. The molecule has 2 saturated carbocycles. The lowest BCUT2D eigenvalue weighted by Crippen LogP contribution is -2.49. The van der Waals surface area contributed by atoms with Crippen LogP contribution in [-0.2, 0) is 49.4 Å². The van der Waals surface area contributed by atoms with Crippen LogP contribution in [0, 0.1) is 51.9 Å². The number of aliphatic hydroxyl groups is 1. The second-order valence-electron chi connectivity index (χ2n) is 36.5. The number of hydrogen-bond donors (Lipinski definition) is 1. The largest absolute Gasteiger partial charge is 0.392 e. The smallest absolute Gasteiger partial charge is 0.269 e. The van der Waals surface area contributed by atoms with Crippen LogP contribution in [0.5, 0.6) is 0 Å². The number of likely N-dealkylation sites (tertiary alicyclic amines) is 3. The van der Waals surface area contributed by atoms with Crippen molar-refractivity contribution in [2.24, 2.45) is 11.8 Å². The summed E-state index contributed by atoms with van der Waals surface area (Å²) in [7, 11) is 0. The van der Waals surface area contributed by atoms with Gasteiger partial charge in [0.1, 0.15) is 0 Å². The van der Waals surface area contributed by atoms with Crippen molar-refractivity contribution in [3.63, 3.8) is 0 Å². The number of fused-ring (bicyclic) bond motifs is 8. The van der Waals surface area contributed by atoms with Crippen LogP contribution in [0.2, 0.25) is 0 Å². The van der Waals surface area contributed by atoms with Gasteiger partial charge in [-0.15, -0.1) is 29.9 Å². The van der Waals surface area contributed by atoms with Crippen molar-refractivity contribution in [1.82, 2.24) is 58.0 Å². The van der Waals surface area contributed by atoms with E-state index in [1.165, 1.54) is 120 Å². The van der Waals surface area contributed by atoms with Gasteiger partial charge in [0.25, 0.3) is 33.4 Å². The highest BCUT2D eigenvalue weighted by Gasteiger charge is 2.37. The Morgan fingerprint density at radius 2 is 0.739 bits per heavy atom. The van der Waals surface area contributed by atoms with E-state index in [1.807, 2.05) is 237 Å². The third kappa shape index (κ3) is 24.9. The number of amides is 2. The number of aliphatic hydroxyl groups excluding tert-OH is 1.